The van der Waals surface area contributed by atoms with E-state index in [-0.39, 0.29) is 0 Å². The van der Waals surface area contributed by atoms with Crippen LogP contribution in [0.15, 0.2) is 48.1 Å². The van der Waals surface area contributed by atoms with Crippen LogP contribution in [0.2, 0.25) is 19.1 Å². The highest BCUT2D eigenvalue weighted by Gasteiger charge is 2.36. The summed E-state index contributed by atoms with van der Waals surface area (Å²) in [5.41, 5.74) is 4.38. The summed E-state index contributed by atoms with van der Waals surface area (Å²) >= 11 is 0. The van der Waals surface area contributed by atoms with Crippen molar-refractivity contribution >= 4 is 13.9 Å². The van der Waals surface area contributed by atoms with Gasteiger partial charge in [-0.2, -0.15) is 0 Å². The van der Waals surface area contributed by atoms with E-state index < -0.39 is 8.24 Å². The summed E-state index contributed by atoms with van der Waals surface area (Å²) in [6, 6.07) is 9.94. The molecule has 2 aliphatic carbocycles. The van der Waals surface area contributed by atoms with E-state index in [2.05, 4.69) is 74.4 Å². The van der Waals surface area contributed by atoms with Gasteiger partial charge in [-0.3, -0.25) is 0 Å². The SMILES string of the molecule is Cc1ccccc1N[Si](C)(C)CC1=CC=CC2CC(C)CC12. The third kappa shape index (κ3) is 3.38. The molecular formula is C20H29NSi. The molecule has 22 heavy (non-hydrogen) atoms. The molecule has 3 atom stereocenters. The van der Waals surface area contributed by atoms with Crippen LogP contribution in [-0.4, -0.2) is 8.24 Å². The minimum Gasteiger partial charge on any atom is -0.410 e. The second kappa shape index (κ2) is 6.08. The zero-order valence-electron chi connectivity index (χ0n) is 14.4. The molecule has 3 rings (SSSR count). The lowest BCUT2D eigenvalue weighted by molar-refractivity contribution is 0.520. The molecular weight excluding hydrogens is 282 g/mol. The lowest BCUT2D eigenvalue weighted by Gasteiger charge is -2.31. The third-order valence-corrected chi connectivity index (χ3v) is 7.49. The standard InChI is InChI=1S/C20H29NSi/c1-15-12-17-9-7-10-18(19(17)13-15)14-22(3,4)21-20-11-6-5-8-16(20)2/h5-11,15,17,19,21H,12-14H2,1-4H3. The Morgan fingerprint density at radius 3 is 2.73 bits per heavy atom. The Bertz CT molecular complexity index is 599. The quantitative estimate of drug-likeness (QED) is 0.696. The van der Waals surface area contributed by atoms with Crippen molar-refractivity contribution < 1.29 is 0 Å². The molecule has 2 aliphatic rings. The summed E-state index contributed by atoms with van der Waals surface area (Å²) in [6.07, 6.45) is 9.93. The molecule has 118 valence electrons. The van der Waals surface area contributed by atoms with Gasteiger partial charge >= 0.3 is 0 Å². The maximum absolute atomic E-state index is 3.90. The highest BCUT2D eigenvalue weighted by atomic mass is 28.3. The number of hydrogen-bond donors (Lipinski definition) is 1. The van der Waals surface area contributed by atoms with Gasteiger partial charge in [0.25, 0.3) is 0 Å². The summed E-state index contributed by atoms with van der Waals surface area (Å²) in [5, 5.41) is 0. The highest BCUT2D eigenvalue weighted by molar-refractivity contribution is 6.81. The first kappa shape index (κ1) is 15.6. The van der Waals surface area contributed by atoms with Crippen LogP contribution in [-0.2, 0) is 0 Å². The zero-order valence-corrected chi connectivity index (χ0v) is 15.4. The van der Waals surface area contributed by atoms with E-state index in [9.17, 15) is 0 Å². The monoisotopic (exact) mass is 311 g/mol. The van der Waals surface area contributed by atoms with E-state index in [1.807, 2.05) is 0 Å². The van der Waals surface area contributed by atoms with Crippen molar-refractivity contribution in [1.29, 1.82) is 0 Å². The first-order chi connectivity index (χ1) is 10.4. The second-order valence-electron chi connectivity index (χ2n) is 7.97. The van der Waals surface area contributed by atoms with Crippen LogP contribution in [0, 0.1) is 24.7 Å². The van der Waals surface area contributed by atoms with E-state index >= 15 is 0 Å². The Hall–Kier alpha value is -1.28. The number of para-hydroxylation sites is 1. The normalized spacial score (nSPS) is 27.5. The maximum atomic E-state index is 3.90. The number of allylic oxidation sites excluding steroid dienone is 4. The van der Waals surface area contributed by atoms with Crippen molar-refractivity contribution in [3.8, 4) is 0 Å². The van der Waals surface area contributed by atoms with Gasteiger partial charge in [-0.25, -0.2) is 0 Å². The molecule has 0 amide bonds. The number of anilines is 1. The smallest absolute Gasteiger partial charge is 0.151 e. The van der Waals surface area contributed by atoms with Crippen LogP contribution < -0.4 is 4.98 Å². The van der Waals surface area contributed by atoms with Gasteiger partial charge in [0.1, 0.15) is 0 Å². The van der Waals surface area contributed by atoms with Gasteiger partial charge < -0.3 is 4.98 Å². The van der Waals surface area contributed by atoms with Gasteiger partial charge in [0.15, 0.2) is 8.24 Å². The Morgan fingerprint density at radius 2 is 1.95 bits per heavy atom. The van der Waals surface area contributed by atoms with Crippen molar-refractivity contribution in [2.45, 2.75) is 45.8 Å². The van der Waals surface area contributed by atoms with E-state index in [0.29, 0.717) is 0 Å². The van der Waals surface area contributed by atoms with Crippen LogP contribution in [0.25, 0.3) is 0 Å². The first-order valence-electron chi connectivity index (χ1n) is 8.66. The molecule has 2 heteroatoms. The fraction of sp³-hybridized carbons (Fsp3) is 0.500. The van der Waals surface area contributed by atoms with Crippen LogP contribution in [0.1, 0.15) is 25.3 Å². The Morgan fingerprint density at radius 1 is 1.18 bits per heavy atom. The molecule has 1 N–H and O–H groups in total. The number of rotatable bonds is 4. The van der Waals surface area contributed by atoms with Gasteiger partial charge in [-0.1, -0.05) is 62.0 Å². The lowest BCUT2D eigenvalue weighted by Crippen LogP contribution is -2.38. The molecule has 0 radical (unpaired) electrons. The molecule has 1 aromatic rings. The molecule has 0 saturated heterocycles. The van der Waals surface area contributed by atoms with Crippen LogP contribution in [0.3, 0.4) is 0 Å². The van der Waals surface area contributed by atoms with Crippen molar-refractivity contribution in [2.24, 2.45) is 17.8 Å². The largest absolute Gasteiger partial charge is 0.410 e. The maximum Gasteiger partial charge on any atom is 0.151 e. The predicted molar refractivity (Wildman–Crippen MR) is 99.7 cm³/mol. The summed E-state index contributed by atoms with van der Waals surface area (Å²) in [7, 11) is -1.50. The molecule has 0 aromatic heterocycles. The van der Waals surface area contributed by atoms with Crippen LogP contribution >= 0.6 is 0 Å². The summed E-state index contributed by atoms with van der Waals surface area (Å²) < 4.78 is 0. The second-order valence-corrected chi connectivity index (χ2v) is 12.3. The van der Waals surface area contributed by atoms with Crippen molar-refractivity contribution in [3.63, 3.8) is 0 Å². The number of fused-ring (bicyclic) bond motifs is 1. The topological polar surface area (TPSA) is 12.0 Å². The van der Waals surface area contributed by atoms with Gasteiger partial charge in [0, 0.05) is 5.69 Å². The van der Waals surface area contributed by atoms with Gasteiger partial charge in [0.05, 0.1) is 0 Å². The molecule has 1 fully saturated rings. The van der Waals surface area contributed by atoms with Crippen molar-refractivity contribution in [3.05, 3.63) is 53.6 Å². The van der Waals surface area contributed by atoms with Gasteiger partial charge in [-0.05, 0) is 55.2 Å². The van der Waals surface area contributed by atoms with Gasteiger partial charge in [0.2, 0.25) is 0 Å². The Labute approximate surface area is 136 Å². The summed E-state index contributed by atoms with van der Waals surface area (Å²) in [6.45, 7) is 9.54. The van der Waals surface area contributed by atoms with Crippen molar-refractivity contribution in [2.75, 3.05) is 4.98 Å². The predicted octanol–water partition coefficient (Wildman–Crippen LogP) is 5.77. The van der Waals surface area contributed by atoms with E-state index in [1.165, 1.54) is 30.1 Å². The zero-order chi connectivity index (χ0) is 15.7. The van der Waals surface area contributed by atoms with E-state index in [0.717, 1.165) is 17.8 Å². The first-order valence-corrected chi connectivity index (χ1v) is 11.9. The van der Waals surface area contributed by atoms with Gasteiger partial charge in [-0.15, -0.1) is 0 Å². The Balaban J connectivity index is 1.73. The fourth-order valence-electron chi connectivity index (χ4n) is 4.24. The molecule has 0 aliphatic heterocycles. The Kier molecular flexibility index (Phi) is 4.31. The lowest BCUT2D eigenvalue weighted by atomic mass is 9.86. The molecule has 0 spiro atoms. The summed E-state index contributed by atoms with van der Waals surface area (Å²) in [5.74, 6) is 2.50. The summed E-state index contributed by atoms with van der Waals surface area (Å²) in [4.78, 5) is 3.90. The highest BCUT2D eigenvalue weighted by Crippen LogP contribution is 2.45. The van der Waals surface area contributed by atoms with Crippen molar-refractivity contribution in [1.82, 2.24) is 0 Å². The number of nitrogens with one attached hydrogen (secondary N) is 1. The van der Waals surface area contributed by atoms with E-state index in [1.54, 1.807) is 5.57 Å². The fourth-order valence-corrected chi connectivity index (χ4v) is 6.74. The molecule has 1 aromatic carbocycles. The minimum atomic E-state index is -1.50. The van der Waals surface area contributed by atoms with Crippen LogP contribution in [0.4, 0.5) is 5.69 Å². The van der Waals surface area contributed by atoms with Crippen LogP contribution in [0.5, 0.6) is 0 Å². The number of benzene rings is 1. The molecule has 3 unspecified atom stereocenters. The molecule has 1 saturated carbocycles. The molecule has 0 heterocycles. The molecule has 0 bridgehead atoms. The average molecular weight is 312 g/mol. The number of hydrogen-bond acceptors (Lipinski definition) is 1. The minimum absolute atomic E-state index is 0.804. The molecule has 1 nitrogen and oxygen atoms in total. The third-order valence-electron chi connectivity index (χ3n) is 5.26. The average Bonchev–Trinajstić information content (AvgIpc) is 2.82. The van der Waals surface area contributed by atoms with E-state index in [4.69, 9.17) is 0 Å². The number of aryl methyl sites for hydroxylation is 1.